The van der Waals surface area contributed by atoms with Crippen LogP contribution in [-0.2, 0) is 14.3 Å². The molecule has 0 bridgehead atoms. The molecule has 0 radical (unpaired) electrons. The van der Waals surface area contributed by atoms with Crippen molar-refractivity contribution in [1.82, 2.24) is 4.90 Å². The molecule has 4 heteroatoms. The van der Waals surface area contributed by atoms with E-state index in [2.05, 4.69) is 0 Å². The molecule has 104 valence electrons. The van der Waals surface area contributed by atoms with Gasteiger partial charge in [-0.2, -0.15) is 0 Å². The lowest BCUT2D eigenvalue weighted by atomic mass is 9.90. The topological polar surface area (TPSA) is 46.6 Å². The number of hydrogen-bond donors (Lipinski definition) is 0. The van der Waals surface area contributed by atoms with E-state index in [0.29, 0.717) is 6.61 Å². The number of ether oxygens (including phenoxy) is 1. The summed E-state index contributed by atoms with van der Waals surface area (Å²) in [6.45, 7) is 2.21. The fourth-order valence-electron chi connectivity index (χ4n) is 2.49. The zero-order valence-corrected chi connectivity index (χ0v) is 11.6. The van der Waals surface area contributed by atoms with E-state index in [4.69, 9.17) is 4.74 Å². The number of nitrogens with zero attached hydrogens (tertiary/aromatic N) is 1. The van der Waals surface area contributed by atoms with Crippen molar-refractivity contribution in [3.05, 3.63) is 0 Å². The van der Waals surface area contributed by atoms with E-state index >= 15 is 0 Å². The first-order valence-electron chi connectivity index (χ1n) is 7.05. The molecular formula is C14H25NO3. The minimum absolute atomic E-state index is 0.0726. The van der Waals surface area contributed by atoms with Gasteiger partial charge in [-0.3, -0.25) is 9.59 Å². The molecular weight excluding hydrogens is 230 g/mol. The quantitative estimate of drug-likeness (QED) is 0.724. The van der Waals surface area contributed by atoms with Gasteiger partial charge in [-0.1, -0.05) is 32.1 Å². The van der Waals surface area contributed by atoms with Crippen molar-refractivity contribution in [2.45, 2.75) is 51.9 Å². The van der Waals surface area contributed by atoms with Crippen LogP contribution >= 0.6 is 0 Å². The van der Waals surface area contributed by atoms with E-state index in [9.17, 15) is 9.59 Å². The fraction of sp³-hybridized carbons (Fsp3) is 0.857. The number of amides is 1. The van der Waals surface area contributed by atoms with Crippen LogP contribution in [0.15, 0.2) is 0 Å². The zero-order valence-electron chi connectivity index (χ0n) is 11.6. The molecule has 1 aliphatic carbocycles. The lowest BCUT2D eigenvalue weighted by Gasteiger charge is -2.24. The van der Waals surface area contributed by atoms with Gasteiger partial charge >= 0.3 is 5.97 Å². The average Bonchev–Trinajstić information content (AvgIpc) is 2.27. The molecule has 0 aromatic rings. The van der Waals surface area contributed by atoms with Gasteiger partial charge in [0.05, 0.1) is 6.61 Å². The molecule has 18 heavy (non-hydrogen) atoms. The first kappa shape index (κ1) is 15.0. The Hall–Kier alpha value is -1.06. The van der Waals surface area contributed by atoms with Gasteiger partial charge in [0.25, 0.3) is 0 Å². The predicted octanol–water partition coefficient (Wildman–Crippen LogP) is 2.37. The predicted molar refractivity (Wildman–Crippen MR) is 70.1 cm³/mol. The molecule has 0 aromatic heterocycles. The lowest BCUT2D eigenvalue weighted by molar-refractivity contribution is -0.149. The molecule has 0 saturated heterocycles. The molecule has 0 heterocycles. The number of esters is 1. The SMILES string of the molecule is CCOC(=O)CN(C)C(=O)C1CCCCCCC1. The summed E-state index contributed by atoms with van der Waals surface area (Å²) < 4.78 is 4.86. The normalized spacial score (nSPS) is 17.7. The summed E-state index contributed by atoms with van der Waals surface area (Å²) in [5.74, 6) is -0.117. The highest BCUT2D eigenvalue weighted by Crippen LogP contribution is 2.23. The van der Waals surface area contributed by atoms with E-state index in [-0.39, 0.29) is 24.3 Å². The summed E-state index contributed by atoms with van der Waals surface area (Å²) >= 11 is 0. The van der Waals surface area contributed by atoms with Crippen LogP contribution in [0.1, 0.15) is 51.9 Å². The monoisotopic (exact) mass is 255 g/mol. The summed E-state index contributed by atoms with van der Waals surface area (Å²) in [7, 11) is 1.69. The highest BCUT2D eigenvalue weighted by atomic mass is 16.5. The van der Waals surface area contributed by atoms with Crippen LogP contribution in [-0.4, -0.2) is 37.0 Å². The van der Waals surface area contributed by atoms with Gasteiger partial charge in [0.2, 0.25) is 5.91 Å². The summed E-state index contributed by atoms with van der Waals surface area (Å²) in [6, 6.07) is 0. The molecule has 0 aromatic carbocycles. The first-order chi connectivity index (χ1) is 8.65. The van der Waals surface area contributed by atoms with E-state index in [0.717, 1.165) is 25.7 Å². The third-order valence-corrected chi connectivity index (χ3v) is 3.50. The van der Waals surface area contributed by atoms with E-state index in [1.165, 1.54) is 24.2 Å². The minimum atomic E-state index is -0.320. The lowest BCUT2D eigenvalue weighted by Crippen LogP contribution is -2.37. The van der Waals surface area contributed by atoms with Gasteiger partial charge in [0, 0.05) is 13.0 Å². The Morgan fingerprint density at radius 2 is 1.67 bits per heavy atom. The summed E-state index contributed by atoms with van der Waals surface area (Å²) in [4.78, 5) is 25.1. The van der Waals surface area contributed by atoms with Gasteiger partial charge < -0.3 is 9.64 Å². The molecule has 1 rings (SSSR count). The number of likely N-dealkylation sites (N-methyl/N-ethyl adjacent to an activating group) is 1. The van der Waals surface area contributed by atoms with Crippen LogP contribution in [0.3, 0.4) is 0 Å². The second-order valence-corrected chi connectivity index (χ2v) is 5.04. The molecule has 0 unspecified atom stereocenters. The van der Waals surface area contributed by atoms with Crippen LogP contribution in [0.2, 0.25) is 0 Å². The number of rotatable bonds is 4. The fourth-order valence-corrected chi connectivity index (χ4v) is 2.49. The van der Waals surface area contributed by atoms with E-state index < -0.39 is 0 Å². The van der Waals surface area contributed by atoms with Gasteiger partial charge in [0.1, 0.15) is 6.54 Å². The second kappa shape index (κ2) is 8.11. The molecule has 0 spiro atoms. The van der Waals surface area contributed by atoms with Crippen LogP contribution < -0.4 is 0 Å². The largest absolute Gasteiger partial charge is 0.465 e. The summed E-state index contributed by atoms with van der Waals surface area (Å²) in [6.07, 6.45) is 7.93. The number of carbonyl (C=O) groups excluding carboxylic acids is 2. The zero-order chi connectivity index (χ0) is 13.4. The van der Waals surface area contributed by atoms with Gasteiger partial charge in [-0.25, -0.2) is 0 Å². The maximum atomic E-state index is 12.2. The van der Waals surface area contributed by atoms with Gasteiger partial charge in [-0.15, -0.1) is 0 Å². The van der Waals surface area contributed by atoms with Crippen molar-refractivity contribution in [2.24, 2.45) is 5.92 Å². The first-order valence-corrected chi connectivity index (χ1v) is 7.05. The van der Waals surface area contributed by atoms with Crippen molar-refractivity contribution in [3.8, 4) is 0 Å². The number of hydrogen-bond acceptors (Lipinski definition) is 3. The molecule has 1 saturated carbocycles. The molecule has 1 amide bonds. The molecule has 0 atom stereocenters. The van der Waals surface area contributed by atoms with Gasteiger partial charge in [-0.05, 0) is 19.8 Å². The Morgan fingerprint density at radius 1 is 1.11 bits per heavy atom. The van der Waals surface area contributed by atoms with Crippen molar-refractivity contribution in [2.75, 3.05) is 20.2 Å². The summed E-state index contributed by atoms with van der Waals surface area (Å²) in [5, 5.41) is 0. The Labute approximate surface area is 110 Å². The van der Waals surface area contributed by atoms with Crippen molar-refractivity contribution < 1.29 is 14.3 Å². The standard InChI is InChI=1S/C14H25NO3/c1-3-18-13(16)11-15(2)14(17)12-9-7-5-4-6-8-10-12/h12H,3-11H2,1-2H3. The smallest absolute Gasteiger partial charge is 0.325 e. The maximum Gasteiger partial charge on any atom is 0.325 e. The van der Waals surface area contributed by atoms with E-state index in [1.54, 1.807) is 14.0 Å². The van der Waals surface area contributed by atoms with Gasteiger partial charge in [0.15, 0.2) is 0 Å². The highest BCUT2D eigenvalue weighted by molar-refractivity contribution is 5.83. The second-order valence-electron chi connectivity index (χ2n) is 5.04. The third kappa shape index (κ3) is 5.07. The van der Waals surface area contributed by atoms with E-state index in [1.807, 2.05) is 0 Å². The maximum absolute atomic E-state index is 12.2. The Bertz CT molecular complexity index is 270. The summed E-state index contributed by atoms with van der Waals surface area (Å²) in [5.41, 5.74) is 0. The minimum Gasteiger partial charge on any atom is -0.465 e. The van der Waals surface area contributed by atoms with Crippen LogP contribution in [0, 0.1) is 5.92 Å². The third-order valence-electron chi connectivity index (χ3n) is 3.50. The van der Waals surface area contributed by atoms with Crippen molar-refractivity contribution in [3.63, 3.8) is 0 Å². The van der Waals surface area contributed by atoms with Crippen LogP contribution in [0.25, 0.3) is 0 Å². The molecule has 0 aliphatic heterocycles. The van der Waals surface area contributed by atoms with Crippen molar-refractivity contribution >= 4 is 11.9 Å². The average molecular weight is 255 g/mol. The molecule has 1 aliphatic rings. The highest BCUT2D eigenvalue weighted by Gasteiger charge is 2.23. The molecule has 1 fully saturated rings. The number of carbonyl (C=O) groups is 2. The Balaban J connectivity index is 2.42. The van der Waals surface area contributed by atoms with Crippen LogP contribution in [0.4, 0.5) is 0 Å². The molecule has 4 nitrogen and oxygen atoms in total. The van der Waals surface area contributed by atoms with Crippen LogP contribution in [0.5, 0.6) is 0 Å². The Kier molecular flexibility index (Phi) is 6.76. The van der Waals surface area contributed by atoms with Crippen molar-refractivity contribution in [1.29, 1.82) is 0 Å². The molecule has 0 N–H and O–H groups in total. The Morgan fingerprint density at radius 3 is 2.22 bits per heavy atom.